The molecule has 4 rings (SSSR count). The van der Waals surface area contributed by atoms with Gasteiger partial charge in [0.05, 0.1) is 5.69 Å². The number of halogens is 1. The third-order valence-electron chi connectivity index (χ3n) is 4.41. The van der Waals surface area contributed by atoms with Crippen LogP contribution in [-0.2, 0) is 16.6 Å². The number of hydrogen-bond acceptors (Lipinski definition) is 3. The lowest BCUT2D eigenvalue weighted by Gasteiger charge is -2.28. The smallest absolute Gasteiger partial charge is 0.270 e. The van der Waals surface area contributed by atoms with Gasteiger partial charge in [0.2, 0.25) is 0 Å². The Hall–Kier alpha value is -2.77. The lowest BCUT2D eigenvalue weighted by Crippen LogP contribution is -2.54. The van der Waals surface area contributed by atoms with Gasteiger partial charge in [0, 0.05) is 34.2 Å². The molecule has 2 aromatic carbocycles. The number of nitrogens with zero attached hydrogens (tertiary/aromatic N) is 2. The molecule has 0 saturated carbocycles. The van der Waals surface area contributed by atoms with Crippen molar-refractivity contribution in [1.29, 1.82) is 0 Å². The minimum absolute atomic E-state index is 0.0443. The number of benzene rings is 2. The SMILES string of the molecule is Cn1cc(/C=C2\C(=O)NC(=S)N(c3ccc(Br)cc3)C2=O)c2ccccc21. The van der Waals surface area contributed by atoms with Gasteiger partial charge in [-0.25, -0.2) is 0 Å². The minimum Gasteiger partial charge on any atom is -0.350 e. The number of nitrogens with one attached hydrogen (secondary N) is 1. The van der Waals surface area contributed by atoms with E-state index in [2.05, 4.69) is 21.2 Å². The Morgan fingerprint density at radius 1 is 1.07 bits per heavy atom. The first-order valence-electron chi connectivity index (χ1n) is 8.17. The lowest BCUT2D eigenvalue weighted by molar-refractivity contribution is -0.122. The molecule has 1 saturated heterocycles. The molecule has 0 radical (unpaired) electrons. The lowest BCUT2D eigenvalue weighted by atomic mass is 10.1. The zero-order valence-corrected chi connectivity index (χ0v) is 16.7. The van der Waals surface area contributed by atoms with Gasteiger partial charge in [-0.05, 0) is 48.6 Å². The third kappa shape index (κ3) is 3.09. The van der Waals surface area contributed by atoms with Gasteiger partial charge >= 0.3 is 0 Å². The van der Waals surface area contributed by atoms with Gasteiger partial charge < -0.3 is 4.57 Å². The van der Waals surface area contributed by atoms with E-state index in [4.69, 9.17) is 12.2 Å². The Morgan fingerprint density at radius 3 is 2.52 bits per heavy atom. The van der Waals surface area contributed by atoms with Crippen molar-refractivity contribution < 1.29 is 9.59 Å². The Bertz CT molecular complexity index is 1130. The Kier molecular flexibility index (Phi) is 4.41. The maximum atomic E-state index is 13.1. The number of thiocarbonyl (C=S) groups is 1. The van der Waals surface area contributed by atoms with E-state index in [9.17, 15) is 9.59 Å². The van der Waals surface area contributed by atoms with Crippen LogP contribution in [0, 0.1) is 0 Å². The molecular weight excluding hydrogens is 426 g/mol. The molecule has 1 N–H and O–H groups in total. The molecule has 2 amide bonds. The molecule has 1 aliphatic heterocycles. The van der Waals surface area contributed by atoms with Crippen LogP contribution < -0.4 is 10.2 Å². The zero-order chi connectivity index (χ0) is 19.1. The fraction of sp³-hybridized carbons (Fsp3) is 0.0500. The summed E-state index contributed by atoms with van der Waals surface area (Å²) >= 11 is 8.60. The molecule has 2 heterocycles. The highest BCUT2D eigenvalue weighted by Crippen LogP contribution is 2.26. The number of aromatic nitrogens is 1. The van der Waals surface area contributed by atoms with E-state index in [1.165, 1.54) is 4.90 Å². The predicted molar refractivity (Wildman–Crippen MR) is 113 cm³/mol. The van der Waals surface area contributed by atoms with Gasteiger partial charge in [0.1, 0.15) is 5.57 Å². The first kappa shape index (κ1) is 17.6. The molecule has 7 heteroatoms. The topological polar surface area (TPSA) is 54.3 Å². The average molecular weight is 440 g/mol. The van der Waals surface area contributed by atoms with Crippen LogP contribution >= 0.6 is 28.1 Å². The van der Waals surface area contributed by atoms with E-state index >= 15 is 0 Å². The van der Waals surface area contributed by atoms with Crippen molar-refractivity contribution in [2.75, 3.05) is 4.90 Å². The number of aryl methyl sites for hydroxylation is 1. The van der Waals surface area contributed by atoms with E-state index in [1.54, 1.807) is 18.2 Å². The second kappa shape index (κ2) is 6.75. The Labute approximate surface area is 169 Å². The molecule has 0 atom stereocenters. The summed E-state index contributed by atoms with van der Waals surface area (Å²) in [6, 6.07) is 15.0. The highest BCUT2D eigenvalue weighted by atomic mass is 79.9. The average Bonchev–Trinajstić information content (AvgIpc) is 2.96. The van der Waals surface area contributed by atoms with Crippen LogP contribution in [0.5, 0.6) is 0 Å². The molecule has 3 aromatic rings. The summed E-state index contributed by atoms with van der Waals surface area (Å²) in [5.74, 6) is -0.940. The van der Waals surface area contributed by atoms with Crippen molar-refractivity contribution >= 4 is 67.7 Å². The predicted octanol–water partition coefficient (Wildman–Crippen LogP) is 3.77. The summed E-state index contributed by atoms with van der Waals surface area (Å²) in [5.41, 5.74) is 2.46. The molecule has 0 bridgehead atoms. The van der Waals surface area contributed by atoms with Crippen molar-refractivity contribution in [3.8, 4) is 0 Å². The summed E-state index contributed by atoms with van der Waals surface area (Å²) in [6.45, 7) is 0. The molecule has 0 spiro atoms. The van der Waals surface area contributed by atoms with E-state index in [1.807, 2.05) is 54.2 Å². The van der Waals surface area contributed by atoms with Crippen LogP contribution in [0.4, 0.5) is 5.69 Å². The summed E-state index contributed by atoms with van der Waals surface area (Å²) in [7, 11) is 1.93. The van der Waals surface area contributed by atoms with Crippen LogP contribution in [0.3, 0.4) is 0 Å². The van der Waals surface area contributed by atoms with E-state index < -0.39 is 11.8 Å². The first-order valence-corrected chi connectivity index (χ1v) is 9.37. The van der Waals surface area contributed by atoms with Crippen molar-refractivity contribution in [2.45, 2.75) is 0 Å². The minimum atomic E-state index is -0.494. The van der Waals surface area contributed by atoms with E-state index in [0.29, 0.717) is 5.69 Å². The van der Waals surface area contributed by atoms with Crippen LogP contribution in [0.1, 0.15) is 5.56 Å². The number of carbonyl (C=O) groups is 2. The highest BCUT2D eigenvalue weighted by Gasteiger charge is 2.34. The van der Waals surface area contributed by atoms with Crippen LogP contribution in [-0.4, -0.2) is 21.5 Å². The van der Waals surface area contributed by atoms with Gasteiger partial charge in [0.15, 0.2) is 5.11 Å². The largest absolute Gasteiger partial charge is 0.350 e. The van der Waals surface area contributed by atoms with Crippen LogP contribution in [0.15, 0.2) is 64.8 Å². The van der Waals surface area contributed by atoms with Gasteiger partial charge in [-0.15, -0.1) is 0 Å². The fourth-order valence-corrected chi connectivity index (χ4v) is 3.67. The van der Waals surface area contributed by atoms with Gasteiger partial charge in [-0.1, -0.05) is 34.1 Å². The fourth-order valence-electron chi connectivity index (χ4n) is 3.13. The number of anilines is 1. The second-order valence-electron chi connectivity index (χ2n) is 6.15. The van der Waals surface area contributed by atoms with Crippen molar-refractivity contribution in [2.24, 2.45) is 7.05 Å². The quantitative estimate of drug-likeness (QED) is 0.375. The number of amides is 2. The number of carbonyl (C=O) groups excluding carboxylic acids is 2. The normalized spacial score (nSPS) is 16.3. The monoisotopic (exact) mass is 439 g/mol. The van der Waals surface area contributed by atoms with Gasteiger partial charge in [-0.2, -0.15) is 0 Å². The number of para-hydroxylation sites is 1. The van der Waals surface area contributed by atoms with Crippen LogP contribution in [0.25, 0.3) is 17.0 Å². The summed E-state index contributed by atoms with van der Waals surface area (Å²) in [5, 5.41) is 3.65. The molecule has 134 valence electrons. The van der Waals surface area contributed by atoms with Crippen molar-refractivity contribution in [3.63, 3.8) is 0 Å². The van der Waals surface area contributed by atoms with Gasteiger partial charge in [-0.3, -0.25) is 19.8 Å². The first-order chi connectivity index (χ1) is 13.0. The molecule has 1 fully saturated rings. The maximum absolute atomic E-state index is 13.1. The Balaban J connectivity index is 1.80. The van der Waals surface area contributed by atoms with Crippen LogP contribution in [0.2, 0.25) is 0 Å². The van der Waals surface area contributed by atoms with Crippen molar-refractivity contribution in [3.05, 3.63) is 70.3 Å². The summed E-state index contributed by atoms with van der Waals surface area (Å²) in [6.07, 6.45) is 3.52. The molecule has 0 unspecified atom stereocenters. The Morgan fingerprint density at radius 2 is 1.78 bits per heavy atom. The molecule has 5 nitrogen and oxygen atoms in total. The van der Waals surface area contributed by atoms with Crippen molar-refractivity contribution in [1.82, 2.24) is 9.88 Å². The summed E-state index contributed by atoms with van der Waals surface area (Å²) in [4.78, 5) is 26.9. The molecule has 1 aromatic heterocycles. The number of rotatable bonds is 2. The standard InChI is InChI=1S/C20H14BrN3O2S/c1-23-11-12(15-4-2-3-5-17(15)23)10-16-18(25)22-20(27)24(19(16)26)14-8-6-13(21)7-9-14/h2-11H,1H3,(H,22,25,27)/b16-10+. The number of hydrogen-bond donors (Lipinski definition) is 1. The molecular formula is C20H14BrN3O2S. The molecule has 27 heavy (non-hydrogen) atoms. The third-order valence-corrected chi connectivity index (χ3v) is 5.23. The van der Waals surface area contributed by atoms with E-state index in [0.717, 1.165) is 20.9 Å². The molecule has 0 aliphatic carbocycles. The highest BCUT2D eigenvalue weighted by molar-refractivity contribution is 9.10. The second-order valence-corrected chi connectivity index (χ2v) is 7.45. The zero-order valence-electron chi connectivity index (χ0n) is 14.3. The maximum Gasteiger partial charge on any atom is 0.270 e. The number of fused-ring (bicyclic) bond motifs is 1. The molecule has 1 aliphatic rings. The summed E-state index contributed by atoms with van der Waals surface area (Å²) < 4.78 is 2.85. The van der Waals surface area contributed by atoms with E-state index in [-0.39, 0.29) is 10.7 Å². The van der Waals surface area contributed by atoms with Gasteiger partial charge in [0.25, 0.3) is 11.8 Å².